The standard InChI is InChI=1S/C21H22O3/c1-21(2)13-16-9-10-17(24-14-15-7-5-4-6-8-15)11-18(16)19(21)12-20(22)23-3/h4-12H,13-14H2,1-3H3. The minimum absolute atomic E-state index is 0.0887. The molecule has 0 radical (unpaired) electrons. The van der Waals surface area contributed by atoms with E-state index in [-0.39, 0.29) is 11.4 Å². The summed E-state index contributed by atoms with van der Waals surface area (Å²) in [6, 6.07) is 16.2. The average molecular weight is 322 g/mol. The third-order valence-electron chi connectivity index (χ3n) is 4.44. The molecule has 0 saturated carbocycles. The molecule has 0 heterocycles. The number of esters is 1. The largest absolute Gasteiger partial charge is 0.489 e. The molecular weight excluding hydrogens is 300 g/mol. The predicted molar refractivity (Wildman–Crippen MR) is 94.7 cm³/mol. The monoisotopic (exact) mass is 322 g/mol. The topological polar surface area (TPSA) is 35.5 Å². The summed E-state index contributed by atoms with van der Waals surface area (Å²) in [6.07, 6.45) is 2.51. The van der Waals surface area contributed by atoms with Gasteiger partial charge in [-0.05, 0) is 46.2 Å². The fraction of sp³-hybridized carbons (Fsp3) is 0.286. The lowest BCUT2D eigenvalue weighted by Crippen LogP contribution is -2.11. The van der Waals surface area contributed by atoms with E-state index in [1.54, 1.807) is 6.08 Å². The summed E-state index contributed by atoms with van der Waals surface area (Å²) in [7, 11) is 1.40. The van der Waals surface area contributed by atoms with Crippen molar-refractivity contribution in [3.8, 4) is 5.75 Å². The number of hydrogen-bond acceptors (Lipinski definition) is 3. The van der Waals surface area contributed by atoms with Crippen molar-refractivity contribution in [1.29, 1.82) is 0 Å². The van der Waals surface area contributed by atoms with Gasteiger partial charge in [-0.15, -0.1) is 0 Å². The van der Waals surface area contributed by atoms with Gasteiger partial charge in [0.15, 0.2) is 0 Å². The van der Waals surface area contributed by atoms with Crippen molar-refractivity contribution in [1.82, 2.24) is 0 Å². The lowest BCUT2D eigenvalue weighted by Gasteiger charge is -2.19. The Balaban J connectivity index is 1.86. The lowest BCUT2D eigenvalue weighted by atomic mass is 9.85. The van der Waals surface area contributed by atoms with Gasteiger partial charge in [-0.2, -0.15) is 0 Å². The van der Waals surface area contributed by atoms with Gasteiger partial charge in [-0.25, -0.2) is 4.79 Å². The van der Waals surface area contributed by atoms with Gasteiger partial charge in [0.1, 0.15) is 12.4 Å². The highest BCUT2D eigenvalue weighted by Gasteiger charge is 2.34. The summed E-state index contributed by atoms with van der Waals surface area (Å²) in [5.74, 6) is 0.493. The van der Waals surface area contributed by atoms with Crippen LogP contribution in [0.2, 0.25) is 0 Å². The van der Waals surface area contributed by atoms with E-state index < -0.39 is 0 Å². The van der Waals surface area contributed by atoms with Crippen molar-refractivity contribution >= 4 is 11.5 Å². The number of fused-ring (bicyclic) bond motifs is 1. The van der Waals surface area contributed by atoms with Crippen LogP contribution < -0.4 is 4.74 Å². The molecular formula is C21H22O3. The molecule has 124 valence electrons. The van der Waals surface area contributed by atoms with Crippen LogP contribution in [0, 0.1) is 5.41 Å². The van der Waals surface area contributed by atoms with Crippen LogP contribution in [0.1, 0.15) is 30.5 Å². The predicted octanol–water partition coefficient (Wildman–Crippen LogP) is 4.40. The second kappa shape index (κ2) is 6.52. The van der Waals surface area contributed by atoms with Gasteiger partial charge < -0.3 is 9.47 Å². The quantitative estimate of drug-likeness (QED) is 0.618. The second-order valence-electron chi connectivity index (χ2n) is 6.74. The molecule has 0 aliphatic heterocycles. The molecule has 2 aromatic carbocycles. The van der Waals surface area contributed by atoms with Gasteiger partial charge in [0, 0.05) is 6.08 Å². The first-order valence-corrected chi connectivity index (χ1v) is 8.10. The van der Waals surface area contributed by atoms with Gasteiger partial charge in [-0.3, -0.25) is 0 Å². The molecule has 3 rings (SSSR count). The Morgan fingerprint density at radius 2 is 1.92 bits per heavy atom. The zero-order chi connectivity index (χ0) is 17.2. The highest BCUT2D eigenvalue weighted by Crippen LogP contribution is 2.47. The number of ether oxygens (including phenoxy) is 2. The summed E-state index contributed by atoms with van der Waals surface area (Å²) < 4.78 is 10.7. The number of methoxy groups -OCH3 is 1. The molecule has 3 nitrogen and oxygen atoms in total. The summed E-state index contributed by atoms with van der Waals surface area (Å²) in [4.78, 5) is 11.7. The number of allylic oxidation sites excluding steroid dienone is 1. The maximum Gasteiger partial charge on any atom is 0.330 e. The average Bonchev–Trinajstić information content (AvgIpc) is 2.83. The van der Waals surface area contributed by atoms with Crippen molar-refractivity contribution in [3.05, 3.63) is 71.3 Å². The number of carbonyl (C=O) groups excluding carboxylic acids is 1. The molecule has 1 aliphatic carbocycles. The van der Waals surface area contributed by atoms with Gasteiger partial charge in [0.05, 0.1) is 7.11 Å². The molecule has 0 saturated heterocycles. The minimum Gasteiger partial charge on any atom is -0.489 e. The van der Waals surface area contributed by atoms with E-state index in [2.05, 4.69) is 19.9 Å². The van der Waals surface area contributed by atoms with Crippen LogP contribution in [0.3, 0.4) is 0 Å². The SMILES string of the molecule is COC(=O)C=C1c2cc(OCc3ccccc3)ccc2CC1(C)C. The maximum atomic E-state index is 11.7. The van der Waals surface area contributed by atoms with Crippen LogP contribution in [-0.2, 0) is 22.6 Å². The Labute approximate surface area is 142 Å². The van der Waals surface area contributed by atoms with E-state index in [0.717, 1.165) is 28.9 Å². The van der Waals surface area contributed by atoms with E-state index in [4.69, 9.17) is 9.47 Å². The Hall–Kier alpha value is -2.55. The highest BCUT2D eigenvalue weighted by molar-refractivity contribution is 5.94. The van der Waals surface area contributed by atoms with Gasteiger partial charge in [-0.1, -0.05) is 50.2 Å². The Morgan fingerprint density at radius 3 is 2.62 bits per heavy atom. The molecule has 24 heavy (non-hydrogen) atoms. The molecule has 0 aromatic heterocycles. The van der Waals surface area contributed by atoms with Crippen molar-refractivity contribution in [3.63, 3.8) is 0 Å². The van der Waals surface area contributed by atoms with Crippen LogP contribution in [0.5, 0.6) is 5.75 Å². The fourth-order valence-electron chi connectivity index (χ4n) is 3.18. The molecule has 0 fully saturated rings. The van der Waals surface area contributed by atoms with E-state index in [1.807, 2.05) is 42.5 Å². The van der Waals surface area contributed by atoms with Crippen molar-refractivity contribution in [2.45, 2.75) is 26.9 Å². The zero-order valence-corrected chi connectivity index (χ0v) is 14.3. The molecule has 1 aliphatic rings. The Bertz CT molecular complexity index is 773. The van der Waals surface area contributed by atoms with Crippen LogP contribution in [0.4, 0.5) is 0 Å². The zero-order valence-electron chi connectivity index (χ0n) is 14.3. The number of rotatable bonds is 4. The third-order valence-corrected chi connectivity index (χ3v) is 4.44. The highest BCUT2D eigenvalue weighted by atomic mass is 16.5. The number of carbonyl (C=O) groups is 1. The van der Waals surface area contributed by atoms with Crippen LogP contribution in [0.15, 0.2) is 54.6 Å². The van der Waals surface area contributed by atoms with Crippen molar-refractivity contribution < 1.29 is 14.3 Å². The summed E-state index contributed by atoms with van der Waals surface area (Å²) in [5.41, 5.74) is 4.37. The first-order chi connectivity index (χ1) is 11.5. The van der Waals surface area contributed by atoms with Crippen LogP contribution in [-0.4, -0.2) is 13.1 Å². The molecule has 0 bridgehead atoms. The molecule has 0 atom stereocenters. The molecule has 0 spiro atoms. The van der Waals surface area contributed by atoms with E-state index in [9.17, 15) is 4.79 Å². The second-order valence-corrected chi connectivity index (χ2v) is 6.74. The van der Waals surface area contributed by atoms with Crippen LogP contribution >= 0.6 is 0 Å². The third kappa shape index (κ3) is 3.35. The van der Waals surface area contributed by atoms with Gasteiger partial charge in [0.2, 0.25) is 0 Å². The summed E-state index contributed by atoms with van der Waals surface area (Å²) >= 11 is 0. The van der Waals surface area contributed by atoms with E-state index in [0.29, 0.717) is 6.61 Å². The first kappa shape index (κ1) is 16.3. The summed E-state index contributed by atoms with van der Waals surface area (Å²) in [6.45, 7) is 4.82. The molecule has 0 amide bonds. The smallest absolute Gasteiger partial charge is 0.330 e. The minimum atomic E-state index is -0.318. The maximum absolute atomic E-state index is 11.7. The van der Waals surface area contributed by atoms with Gasteiger partial charge >= 0.3 is 5.97 Å². The van der Waals surface area contributed by atoms with Crippen LogP contribution in [0.25, 0.3) is 5.57 Å². The number of hydrogen-bond donors (Lipinski definition) is 0. The van der Waals surface area contributed by atoms with E-state index in [1.165, 1.54) is 12.7 Å². The Morgan fingerprint density at radius 1 is 1.17 bits per heavy atom. The normalized spacial score (nSPS) is 16.7. The molecule has 2 aromatic rings. The fourth-order valence-corrected chi connectivity index (χ4v) is 3.18. The summed E-state index contributed by atoms with van der Waals surface area (Å²) in [5, 5.41) is 0. The molecule has 0 N–H and O–H groups in total. The lowest BCUT2D eigenvalue weighted by molar-refractivity contribution is -0.134. The van der Waals surface area contributed by atoms with Gasteiger partial charge in [0.25, 0.3) is 0 Å². The molecule has 3 heteroatoms. The van der Waals surface area contributed by atoms with E-state index >= 15 is 0 Å². The number of benzene rings is 2. The molecule has 0 unspecified atom stereocenters. The Kier molecular flexibility index (Phi) is 4.43. The van der Waals surface area contributed by atoms with Crippen molar-refractivity contribution in [2.75, 3.05) is 7.11 Å². The first-order valence-electron chi connectivity index (χ1n) is 8.10. The van der Waals surface area contributed by atoms with Crippen molar-refractivity contribution in [2.24, 2.45) is 5.41 Å².